The number of carbonyl (C=O) groups is 2. The van der Waals surface area contributed by atoms with Crippen molar-refractivity contribution in [2.45, 2.75) is 6.92 Å². The van der Waals surface area contributed by atoms with Gasteiger partial charge in [0.25, 0.3) is 5.91 Å². The molecule has 1 amide bonds. The van der Waals surface area contributed by atoms with Crippen molar-refractivity contribution in [3.8, 4) is 22.9 Å². The lowest BCUT2D eigenvalue weighted by Gasteiger charge is -2.14. The van der Waals surface area contributed by atoms with Gasteiger partial charge in [-0.05, 0) is 31.2 Å². The first-order chi connectivity index (χ1) is 15.8. The van der Waals surface area contributed by atoms with E-state index in [4.69, 9.17) is 30.5 Å². The van der Waals surface area contributed by atoms with Gasteiger partial charge >= 0.3 is 5.97 Å². The van der Waals surface area contributed by atoms with E-state index in [0.29, 0.717) is 34.3 Å². The normalized spacial score (nSPS) is 10.5. The fraction of sp³-hybridized carbons (Fsp3) is 0.227. The number of methoxy groups -OCH3 is 3. The van der Waals surface area contributed by atoms with Gasteiger partial charge < -0.3 is 24.3 Å². The molecule has 0 saturated carbocycles. The number of anilines is 1. The highest BCUT2D eigenvalue weighted by atomic mass is 35.5. The van der Waals surface area contributed by atoms with Crippen molar-refractivity contribution < 1.29 is 32.9 Å². The highest BCUT2D eigenvalue weighted by molar-refractivity contribution is 6.33. The SMILES string of the molecule is COc1cc(NC(=O)COC(=O)c2c(C)nn(-c3ccc(F)cc3)c2Cl)cc(OC)c1OC. The molecule has 0 saturated heterocycles. The van der Waals surface area contributed by atoms with Crippen LogP contribution in [0.5, 0.6) is 17.2 Å². The lowest BCUT2D eigenvalue weighted by atomic mass is 10.2. The predicted molar refractivity (Wildman–Crippen MR) is 118 cm³/mol. The van der Waals surface area contributed by atoms with Gasteiger partial charge in [-0.3, -0.25) is 4.79 Å². The summed E-state index contributed by atoms with van der Waals surface area (Å²) in [4.78, 5) is 24.9. The van der Waals surface area contributed by atoms with Crippen molar-refractivity contribution in [3.63, 3.8) is 0 Å². The Kier molecular flexibility index (Phi) is 7.39. The number of aryl methyl sites for hydroxylation is 1. The van der Waals surface area contributed by atoms with Crippen LogP contribution in [-0.2, 0) is 9.53 Å². The molecule has 1 aromatic heterocycles. The van der Waals surface area contributed by atoms with Gasteiger partial charge in [-0.25, -0.2) is 13.9 Å². The second kappa shape index (κ2) is 10.2. The van der Waals surface area contributed by atoms with Crippen molar-refractivity contribution in [3.05, 3.63) is 58.6 Å². The van der Waals surface area contributed by atoms with Crippen molar-refractivity contribution in [2.24, 2.45) is 0 Å². The van der Waals surface area contributed by atoms with Crippen LogP contribution in [0, 0.1) is 12.7 Å². The van der Waals surface area contributed by atoms with Crippen molar-refractivity contribution in [2.75, 3.05) is 33.3 Å². The number of nitrogens with zero attached hydrogens (tertiary/aromatic N) is 2. The minimum Gasteiger partial charge on any atom is -0.493 e. The fourth-order valence-corrected chi connectivity index (χ4v) is 3.39. The Morgan fingerprint density at radius 1 is 1.06 bits per heavy atom. The molecule has 0 atom stereocenters. The molecule has 0 spiro atoms. The summed E-state index contributed by atoms with van der Waals surface area (Å²) in [5, 5.41) is 6.78. The van der Waals surface area contributed by atoms with Crippen LogP contribution in [-0.4, -0.2) is 49.6 Å². The van der Waals surface area contributed by atoms with Gasteiger partial charge in [-0.1, -0.05) is 11.6 Å². The maximum atomic E-state index is 13.2. The Labute approximate surface area is 194 Å². The number of aromatic nitrogens is 2. The number of amides is 1. The zero-order valence-corrected chi connectivity index (χ0v) is 19.0. The second-order valence-electron chi connectivity index (χ2n) is 6.68. The Hall–Kier alpha value is -3.79. The van der Waals surface area contributed by atoms with Gasteiger partial charge in [0.1, 0.15) is 16.5 Å². The van der Waals surface area contributed by atoms with Crippen LogP contribution in [0.1, 0.15) is 16.1 Å². The number of halogens is 2. The second-order valence-corrected chi connectivity index (χ2v) is 7.04. The summed E-state index contributed by atoms with van der Waals surface area (Å²) >= 11 is 6.30. The Balaban J connectivity index is 1.70. The topological polar surface area (TPSA) is 101 Å². The molecular weight excluding hydrogens is 457 g/mol. The van der Waals surface area contributed by atoms with Gasteiger partial charge in [0.15, 0.2) is 18.1 Å². The standard InChI is InChI=1S/C22H21ClFN3O6/c1-12-19(21(23)27(26-12)15-7-5-13(24)6-8-15)22(29)33-11-18(28)25-14-9-16(30-2)20(32-4)17(10-14)31-3/h5-10H,11H2,1-4H3,(H,25,28). The van der Waals surface area contributed by atoms with Crippen LogP contribution in [0.25, 0.3) is 5.69 Å². The van der Waals surface area contributed by atoms with Crippen LogP contribution >= 0.6 is 11.6 Å². The maximum Gasteiger partial charge on any atom is 0.343 e. The predicted octanol–water partition coefficient (Wildman–Crippen LogP) is 3.79. The minimum absolute atomic E-state index is 0.00146. The molecule has 2 aromatic carbocycles. The quantitative estimate of drug-likeness (QED) is 0.492. The molecule has 0 unspecified atom stereocenters. The molecule has 0 bridgehead atoms. The monoisotopic (exact) mass is 477 g/mol. The summed E-state index contributed by atoms with van der Waals surface area (Å²) in [5.74, 6) is -0.785. The van der Waals surface area contributed by atoms with E-state index in [9.17, 15) is 14.0 Å². The molecule has 3 aromatic rings. The Bertz CT molecular complexity index is 1150. The molecule has 0 aliphatic heterocycles. The lowest BCUT2D eigenvalue weighted by Crippen LogP contribution is -2.21. The van der Waals surface area contributed by atoms with E-state index in [1.54, 1.807) is 6.92 Å². The van der Waals surface area contributed by atoms with Crippen LogP contribution in [0.3, 0.4) is 0 Å². The fourth-order valence-electron chi connectivity index (χ4n) is 3.04. The van der Waals surface area contributed by atoms with Crippen LogP contribution in [0.4, 0.5) is 10.1 Å². The number of nitrogens with one attached hydrogen (secondary N) is 1. The molecule has 9 nitrogen and oxygen atoms in total. The van der Waals surface area contributed by atoms with E-state index in [1.807, 2.05) is 0 Å². The zero-order chi connectivity index (χ0) is 24.1. The number of esters is 1. The molecule has 0 fully saturated rings. The molecule has 3 rings (SSSR count). The van der Waals surface area contributed by atoms with Gasteiger partial charge in [0, 0.05) is 17.8 Å². The van der Waals surface area contributed by atoms with Gasteiger partial charge in [0.05, 0.1) is 32.7 Å². The van der Waals surface area contributed by atoms with Gasteiger partial charge in [-0.2, -0.15) is 5.10 Å². The van der Waals surface area contributed by atoms with E-state index < -0.39 is 24.3 Å². The third-order valence-electron chi connectivity index (χ3n) is 4.56. The van der Waals surface area contributed by atoms with Crippen molar-refractivity contribution >= 4 is 29.2 Å². The molecule has 1 heterocycles. The highest BCUT2D eigenvalue weighted by Crippen LogP contribution is 2.39. The van der Waals surface area contributed by atoms with Crippen molar-refractivity contribution in [1.29, 1.82) is 0 Å². The minimum atomic E-state index is -0.828. The van der Waals surface area contributed by atoms with Gasteiger partial charge in [-0.15, -0.1) is 0 Å². The summed E-state index contributed by atoms with van der Waals surface area (Å²) in [7, 11) is 4.36. The molecule has 33 heavy (non-hydrogen) atoms. The largest absolute Gasteiger partial charge is 0.493 e. The van der Waals surface area contributed by atoms with Crippen molar-refractivity contribution in [1.82, 2.24) is 9.78 Å². The average Bonchev–Trinajstić information content (AvgIpc) is 3.11. The smallest absolute Gasteiger partial charge is 0.343 e. The molecule has 174 valence electrons. The molecule has 0 aliphatic carbocycles. The molecule has 1 N–H and O–H groups in total. The number of hydrogen-bond donors (Lipinski definition) is 1. The first-order valence-electron chi connectivity index (χ1n) is 9.57. The first-order valence-corrected chi connectivity index (χ1v) is 9.94. The number of ether oxygens (including phenoxy) is 4. The van der Waals surface area contributed by atoms with E-state index in [2.05, 4.69) is 10.4 Å². The summed E-state index contributed by atoms with van der Waals surface area (Å²) in [6, 6.07) is 8.49. The van der Waals surface area contributed by atoms with Crippen LogP contribution in [0.15, 0.2) is 36.4 Å². The summed E-state index contributed by atoms with van der Waals surface area (Å²) in [5.41, 5.74) is 1.11. The van der Waals surface area contributed by atoms with E-state index in [1.165, 1.54) is 62.4 Å². The summed E-state index contributed by atoms with van der Waals surface area (Å²) in [6.07, 6.45) is 0. The third-order valence-corrected chi connectivity index (χ3v) is 4.91. The number of hydrogen-bond acceptors (Lipinski definition) is 7. The van der Waals surface area contributed by atoms with Crippen LogP contribution < -0.4 is 19.5 Å². The molecular formula is C22H21ClFN3O6. The van der Waals surface area contributed by atoms with Crippen LogP contribution in [0.2, 0.25) is 5.15 Å². The zero-order valence-electron chi connectivity index (χ0n) is 18.3. The third kappa shape index (κ3) is 5.17. The van der Waals surface area contributed by atoms with Gasteiger partial charge in [0.2, 0.25) is 5.75 Å². The number of rotatable bonds is 8. The number of carbonyl (C=O) groups excluding carboxylic acids is 2. The Morgan fingerprint density at radius 3 is 2.21 bits per heavy atom. The average molecular weight is 478 g/mol. The number of benzene rings is 2. The van der Waals surface area contributed by atoms with E-state index in [0.717, 1.165) is 0 Å². The van der Waals surface area contributed by atoms with E-state index in [-0.39, 0.29) is 10.7 Å². The first kappa shape index (κ1) is 23.9. The Morgan fingerprint density at radius 2 is 1.67 bits per heavy atom. The summed E-state index contributed by atoms with van der Waals surface area (Å²) < 4.78 is 35.3. The molecule has 0 radical (unpaired) electrons. The maximum absolute atomic E-state index is 13.2. The highest BCUT2D eigenvalue weighted by Gasteiger charge is 2.23. The molecule has 11 heteroatoms. The van der Waals surface area contributed by atoms with E-state index >= 15 is 0 Å². The molecule has 0 aliphatic rings. The lowest BCUT2D eigenvalue weighted by molar-refractivity contribution is -0.119. The summed E-state index contributed by atoms with van der Waals surface area (Å²) in [6.45, 7) is 0.992.